The van der Waals surface area contributed by atoms with Gasteiger partial charge in [0.15, 0.2) is 11.5 Å². The van der Waals surface area contributed by atoms with Crippen LogP contribution < -0.4 is 9.47 Å². The van der Waals surface area contributed by atoms with Gasteiger partial charge in [-0.1, -0.05) is 30.3 Å². The molecule has 0 aliphatic rings. The van der Waals surface area contributed by atoms with Crippen molar-refractivity contribution in [1.29, 1.82) is 0 Å². The molecule has 0 spiro atoms. The number of para-hydroxylation sites is 2. The zero-order chi connectivity index (χ0) is 11.4. The van der Waals surface area contributed by atoms with Gasteiger partial charge in [-0.05, 0) is 30.7 Å². The SMILES string of the molecule is COc1cccc(C)c1Oc1ccccc1. The molecule has 2 aromatic rings. The van der Waals surface area contributed by atoms with Crippen molar-refractivity contribution in [2.75, 3.05) is 7.11 Å². The summed E-state index contributed by atoms with van der Waals surface area (Å²) in [6.45, 7) is 2.00. The van der Waals surface area contributed by atoms with Gasteiger partial charge in [0.1, 0.15) is 5.75 Å². The molecule has 0 N–H and O–H groups in total. The first-order chi connectivity index (χ1) is 7.81. The van der Waals surface area contributed by atoms with E-state index in [1.807, 2.05) is 55.5 Å². The molecule has 2 rings (SSSR count). The lowest BCUT2D eigenvalue weighted by Crippen LogP contribution is -1.92. The summed E-state index contributed by atoms with van der Waals surface area (Å²) in [5.41, 5.74) is 1.06. The Morgan fingerprint density at radius 3 is 2.31 bits per heavy atom. The largest absolute Gasteiger partial charge is 0.493 e. The Labute approximate surface area is 95.4 Å². The van der Waals surface area contributed by atoms with Gasteiger partial charge < -0.3 is 9.47 Å². The Morgan fingerprint density at radius 2 is 1.62 bits per heavy atom. The highest BCUT2D eigenvalue weighted by Gasteiger charge is 2.07. The molecule has 0 atom stereocenters. The fraction of sp³-hybridized carbons (Fsp3) is 0.143. The first-order valence-electron chi connectivity index (χ1n) is 5.18. The highest BCUT2D eigenvalue weighted by Crippen LogP contribution is 2.34. The minimum Gasteiger partial charge on any atom is -0.493 e. The number of benzene rings is 2. The Kier molecular flexibility index (Phi) is 3.10. The summed E-state index contributed by atoms with van der Waals surface area (Å²) < 4.78 is 11.1. The van der Waals surface area contributed by atoms with Crippen LogP contribution in [0.5, 0.6) is 17.2 Å². The van der Waals surface area contributed by atoms with Gasteiger partial charge in [0, 0.05) is 0 Å². The van der Waals surface area contributed by atoms with E-state index in [0.717, 1.165) is 22.8 Å². The Bertz CT molecular complexity index is 463. The quantitative estimate of drug-likeness (QED) is 0.773. The van der Waals surface area contributed by atoms with E-state index in [4.69, 9.17) is 9.47 Å². The first-order valence-corrected chi connectivity index (χ1v) is 5.18. The molecule has 0 unspecified atom stereocenters. The number of ether oxygens (including phenoxy) is 2. The minimum atomic E-state index is 0.754. The van der Waals surface area contributed by atoms with Crippen molar-refractivity contribution in [3.63, 3.8) is 0 Å². The lowest BCUT2D eigenvalue weighted by atomic mass is 10.2. The molecule has 0 radical (unpaired) electrons. The van der Waals surface area contributed by atoms with Crippen molar-refractivity contribution in [3.05, 3.63) is 54.1 Å². The zero-order valence-corrected chi connectivity index (χ0v) is 9.44. The van der Waals surface area contributed by atoms with Gasteiger partial charge in [-0.15, -0.1) is 0 Å². The van der Waals surface area contributed by atoms with E-state index >= 15 is 0 Å². The maximum Gasteiger partial charge on any atom is 0.172 e. The zero-order valence-electron chi connectivity index (χ0n) is 9.44. The summed E-state index contributed by atoms with van der Waals surface area (Å²) in [6.07, 6.45) is 0. The summed E-state index contributed by atoms with van der Waals surface area (Å²) in [6, 6.07) is 15.5. The van der Waals surface area contributed by atoms with Crippen LogP contribution in [0.1, 0.15) is 5.56 Å². The van der Waals surface area contributed by atoms with Crippen LogP contribution in [0.25, 0.3) is 0 Å². The van der Waals surface area contributed by atoms with Crippen LogP contribution in [0.4, 0.5) is 0 Å². The van der Waals surface area contributed by atoms with Crippen LogP contribution in [0.3, 0.4) is 0 Å². The van der Waals surface area contributed by atoms with E-state index in [9.17, 15) is 0 Å². The van der Waals surface area contributed by atoms with Crippen LogP contribution in [0.15, 0.2) is 48.5 Å². The topological polar surface area (TPSA) is 18.5 Å². The van der Waals surface area contributed by atoms with Gasteiger partial charge in [-0.25, -0.2) is 0 Å². The van der Waals surface area contributed by atoms with Crippen molar-refractivity contribution >= 4 is 0 Å². The van der Waals surface area contributed by atoms with Crippen LogP contribution in [-0.4, -0.2) is 7.11 Å². The molecule has 0 fully saturated rings. The molecule has 0 amide bonds. The third-order valence-corrected chi connectivity index (χ3v) is 2.36. The maximum absolute atomic E-state index is 5.81. The molecule has 0 saturated heterocycles. The molecular weight excluding hydrogens is 200 g/mol. The van der Waals surface area contributed by atoms with E-state index < -0.39 is 0 Å². The molecule has 0 bridgehead atoms. The lowest BCUT2D eigenvalue weighted by Gasteiger charge is -2.12. The highest BCUT2D eigenvalue weighted by molar-refractivity contribution is 5.48. The monoisotopic (exact) mass is 214 g/mol. The Hall–Kier alpha value is -1.96. The van der Waals surface area contributed by atoms with Gasteiger partial charge in [0.2, 0.25) is 0 Å². The van der Waals surface area contributed by atoms with Crippen molar-refractivity contribution in [3.8, 4) is 17.2 Å². The van der Waals surface area contributed by atoms with Crippen LogP contribution in [0.2, 0.25) is 0 Å². The van der Waals surface area contributed by atoms with E-state index in [-0.39, 0.29) is 0 Å². The van der Waals surface area contributed by atoms with Gasteiger partial charge in [-0.3, -0.25) is 0 Å². The summed E-state index contributed by atoms with van der Waals surface area (Å²) in [5.74, 6) is 2.34. The van der Waals surface area contributed by atoms with Crippen LogP contribution in [-0.2, 0) is 0 Å². The normalized spacial score (nSPS) is 9.88. The molecule has 2 aromatic carbocycles. The highest BCUT2D eigenvalue weighted by atomic mass is 16.5. The minimum absolute atomic E-state index is 0.754. The second-order valence-electron chi connectivity index (χ2n) is 3.52. The van der Waals surface area contributed by atoms with Gasteiger partial charge in [0.05, 0.1) is 7.11 Å². The van der Waals surface area contributed by atoms with Gasteiger partial charge >= 0.3 is 0 Å². The molecule has 82 valence electrons. The molecule has 16 heavy (non-hydrogen) atoms. The third kappa shape index (κ3) is 2.16. The maximum atomic E-state index is 5.81. The Morgan fingerprint density at radius 1 is 0.875 bits per heavy atom. The van der Waals surface area contributed by atoms with Crippen LogP contribution >= 0.6 is 0 Å². The van der Waals surface area contributed by atoms with Crippen molar-refractivity contribution < 1.29 is 9.47 Å². The molecule has 0 saturated carbocycles. The lowest BCUT2D eigenvalue weighted by molar-refractivity contribution is 0.377. The number of rotatable bonds is 3. The smallest absolute Gasteiger partial charge is 0.172 e. The van der Waals surface area contributed by atoms with E-state index in [1.165, 1.54) is 0 Å². The van der Waals surface area contributed by atoms with Gasteiger partial charge in [0.25, 0.3) is 0 Å². The molecular formula is C14H14O2. The predicted molar refractivity (Wildman–Crippen MR) is 64.2 cm³/mol. The number of hydrogen-bond acceptors (Lipinski definition) is 2. The number of aryl methyl sites for hydroxylation is 1. The second kappa shape index (κ2) is 4.71. The summed E-state index contributed by atoms with van der Waals surface area (Å²) >= 11 is 0. The van der Waals surface area contributed by atoms with Crippen molar-refractivity contribution in [2.45, 2.75) is 6.92 Å². The van der Waals surface area contributed by atoms with Crippen LogP contribution in [0, 0.1) is 6.92 Å². The third-order valence-electron chi connectivity index (χ3n) is 2.36. The molecule has 0 heterocycles. The Balaban J connectivity index is 2.34. The fourth-order valence-electron chi connectivity index (χ4n) is 1.52. The van der Waals surface area contributed by atoms with E-state index in [1.54, 1.807) is 7.11 Å². The fourth-order valence-corrected chi connectivity index (χ4v) is 1.52. The van der Waals surface area contributed by atoms with Crippen molar-refractivity contribution in [2.24, 2.45) is 0 Å². The molecule has 0 aliphatic carbocycles. The average Bonchev–Trinajstić information content (AvgIpc) is 2.33. The molecule has 2 heteroatoms. The van der Waals surface area contributed by atoms with E-state index in [2.05, 4.69) is 0 Å². The van der Waals surface area contributed by atoms with Crippen molar-refractivity contribution in [1.82, 2.24) is 0 Å². The summed E-state index contributed by atoms with van der Waals surface area (Å²) in [7, 11) is 1.65. The summed E-state index contributed by atoms with van der Waals surface area (Å²) in [4.78, 5) is 0. The molecule has 0 aromatic heterocycles. The van der Waals surface area contributed by atoms with E-state index in [0.29, 0.717) is 0 Å². The summed E-state index contributed by atoms with van der Waals surface area (Å²) in [5, 5.41) is 0. The molecule has 0 aliphatic heterocycles. The second-order valence-corrected chi connectivity index (χ2v) is 3.52. The number of hydrogen-bond donors (Lipinski definition) is 0. The first kappa shape index (κ1) is 10.6. The number of methoxy groups -OCH3 is 1. The predicted octanol–water partition coefficient (Wildman–Crippen LogP) is 3.80. The standard InChI is InChI=1S/C14H14O2/c1-11-7-6-10-13(15-2)14(11)16-12-8-4-3-5-9-12/h3-10H,1-2H3. The molecule has 2 nitrogen and oxygen atoms in total. The average molecular weight is 214 g/mol. The van der Waals surface area contributed by atoms with Gasteiger partial charge in [-0.2, -0.15) is 0 Å².